The lowest BCUT2D eigenvalue weighted by atomic mass is 9.98. The van der Waals surface area contributed by atoms with Crippen LogP contribution in [0.2, 0.25) is 0 Å². The fourth-order valence-corrected chi connectivity index (χ4v) is 2.75. The Hall–Kier alpha value is -1.07. The van der Waals surface area contributed by atoms with Crippen molar-refractivity contribution in [3.63, 3.8) is 0 Å². The van der Waals surface area contributed by atoms with Crippen LogP contribution in [0, 0.1) is 5.92 Å². The number of aliphatic hydroxyl groups excluding tert-OH is 1. The number of piperidine rings is 1. The number of aliphatic hydroxyl groups is 1. The number of methoxy groups -OCH3 is 1. The molecular weight excluding hydrogens is 310 g/mol. The minimum absolute atomic E-state index is 0.0255. The molecule has 1 atom stereocenters. The molecule has 104 valence electrons. The minimum atomic E-state index is -0.0255. The predicted octanol–water partition coefficient (Wildman–Crippen LogP) is 2.30. The van der Waals surface area contributed by atoms with Crippen LogP contribution in [0.4, 0.5) is 0 Å². The summed E-state index contributed by atoms with van der Waals surface area (Å²) in [5.41, 5.74) is 0.573. The third kappa shape index (κ3) is 3.28. The van der Waals surface area contributed by atoms with E-state index < -0.39 is 0 Å². The molecule has 1 N–H and O–H groups in total. The molecule has 4 nitrogen and oxygen atoms in total. The number of hydrogen-bond acceptors (Lipinski definition) is 3. The van der Waals surface area contributed by atoms with Gasteiger partial charge in [-0.25, -0.2) is 0 Å². The Balaban J connectivity index is 2.19. The van der Waals surface area contributed by atoms with Gasteiger partial charge >= 0.3 is 0 Å². The summed E-state index contributed by atoms with van der Waals surface area (Å²) in [6.45, 7) is 1.50. The van der Waals surface area contributed by atoms with Crippen LogP contribution >= 0.6 is 15.9 Å². The number of amides is 1. The molecular formula is C14H18BrNO3. The molecule has 1 amide bonds. The van der Waals surface area contributed by atoms with Gasteiger partial charge in [0, 0.05) is 24.2 Å². The first-order valence-electron chi connectivity index (χ1n) is 6.39. The fraction of sp³-hybridized carbons (Fsp3) is 0.500. The SMILES string of the molecule is COc1cc(Br)ccc1C(=O)N1CCCC(CO)C1. The second-order valence-corrected chi connectivity index (χ2v) is 5.70. The Labute approximate surface area is 121 Å². The predicted molar refractivity (Wildman–Crippen MR) is 76.4 cm³/mol. The summed E-state index contributed by atoms with van der Waals surface area (Å²) in [5.74, 6) is 0.743. The van der Waals surface area contributed by atoms with Crippen LogP contribution in [0.1, 0.15) is 23.2 Å². The lowest BCUT2D eigenvalue weighted by molar-refractivity contribution is 0.0617. The molecule has 1 aromatic rings. The third-order valence-electron chi connectivity index (χ3n) is 3.46. The van der Waals surface area contributed by atoms with Crippen molar-refractivity contribution >= 4 is 21.8 Å². The largest absolute Gasteiger partial charge is 0.496 e. The molecule has 0 spiro atoms. The number of carbonyl (C=O) groups is 1. The van der Waals surface area contributed by atoms with E-state index in [0.717, 1.165) is 23.9 Å². The summed E-state index contributed by atoms with van der Waals surface area (Å²) in [6, 6.07) is 5.40. The summed E-state index contributed by atoms with van der Waals surface area (Å²) in [5, 5.41) is 9.23. The number of halogens is 1. The molecule has 0 bridgehead atoms. The van der Waals surface area contributed by atoms with E-state index in [0.29, 0.717) is 17.9 Å². The zero-order chi connectivity index (χ0) is 13.8. The van der Waals surface area contributed by atoms with E-state index >= 15 is 0 Å². The van der Waals surface area contributed by atoms with Crippen molar-refractivity contribution in [1.82, 2.24) is 4.90 Å². The average Bonchev–Trinajstić information content (AvgIpc) is 2.46. The van der Waals surface area contributed by atoms with Gasteiger partial charge in [0.2, 0.25) is 0 Å². The van der Waals surface area contributed by atoms with Gasteiger partial charge < -0.3 is 14.7 Å². The van der Waals surface area contributed by atoms with Crippen molar-refractivity contribution in [3.05, 3.63) is 28.2 Å². The molecule has 0 aromatic heterocycles. The fourth-order valence-electron chi connectivity index (χ4n) is 2.41. The molecule has 1 saturated heterocycles. The molecule has 0 radical (unpaired) electrons. The van der Waals surface area contributed by atoms with E-state index in [1.54, 1.807) is 24.1 Å². The molecule has 1 aromatic carbocycles. The van der Waals surface area contributed by atoms with Gasteiger partial charge in [0.1, 0.15) is 5.75 Å². The molecule has 1 aliphatic heterocycles. The zero-order valence-electron chi connectivity index (χ0n) is 10.9. The zero-order valence-corrected chi connectivity index (χ0v) is 12.5. The molecule has 2 rings (SSSR count). The van der Waals surface area contributed by atoms with E-state index in [1.807, 2.05) is 6.07 Å². The molecule has 1 unspecified atom stereocenters. The number of hydrogen-bond donors (Lipinski definition) is 1. The average molecular weight is 328 g/mol. The smallest absolute Gasteiger partial charge is 0.257 e. The highest BCUT2D eigenvalue weighted by Crippen LogP contribution is 2.26. The van der Waals surface area contributed by atoms with Gasteiger partial charge in [-0.05, 0) is 37.0 Å². The summed E-state index contributed by atoms with van der Waals surface area (Å²) >= 11 is 3.37. The van der Waals surface area contributed by atoms with Crippen molar-refractivity contribution in [2.45, 2.75) is 12.8 Å². The van der Waals surface area contributed by atoms with Crippen LogP contribution in [0.15, 0.2) is 22.7 Å². The van der Waals surface area contributed by atoms with Crippen LogP contribution in [-0.4, -0.2) is 42.7 Å². The van der Waals surface area contributed by atoms with Gasteiger partial charge in [-0.15, -0.1) is 0 Å². The van der Waals surface area contributed by atoms with Gasteiger partial charge in [0.05, 0.1) is 12.7 Å². The number of rotatable bonds is 3. The number of benzene rings is 1. The highest BCUT2D eigenvalue weighted by Gasteiger charge is 2.25. The Morgan fingerprint density at radius 1 is 1.58 bits per heavy atom. The van der Waals surface area contributed by atoms with Crippen LogP contribution in [0.3, 0.4) is 0 Å². The van der Waals surface area contributed by atoms with Crippen LogP contribution in [0.25, 0.3) is 0 Å². The number of carbonyl (C=O) groups excluding carboxylic acids is 1. The third-order valence-corrected chi connectivity index (χ3v) is 3.95. The highest BCUT2D eigenvalue weighted by molar-refractivity contribution is 9.10. The normalized spacial score (nSPS) is 19.3. The van der Waals surface area contributed by atoms with Gasteiger partial charge in [0.25, 0.3) is 5.91 Å². The molecule has 0 saturated carbocycles. The second-order valence-electron chi connectivity index (χ2n) is 4.79. The minimum Gasteiger partial charge on any atom is -0.496 e. The molecule has 19 heavy (non-hydrogen) atoms. The maximum absolute atomic E-state index is 12.5. The molecule has 1 aliphatic rings. The van der Waals surface area contributed by atoms with E-state index in [9.17, 15) is 9.90 Å². The van der Waals surface area contributed by atoms with Gasteiger partial charge in [-0.3, -0.25) is 4.79 Å². The van der Waals surface area contributed by atoms with Crippen molar-refractivity contribution in [2.24, 2.45) is 5.92 Å². The van der Waals surface area contributed by atoms with Crippen molar-refractivity contribution in [1.29, 1.82) is 0 Å². The number of nitrogens with zero attached hydrogens (tertiary/aromatic N) is 1. The Morgan fingerprint density at radius 3 is 3.05 bits per heavy atom. The van der Waals surface area contributed by atoms with Gasteiger partial charge in [-0.1, -0.05) is 15.9 Å². The van der Waals surface area contributed by atoms with E-state index in [4.69, 9.17) is 4.74 Å². The summed E-state index contributed by atoms with van der Waals surface area (Å²) in [6.07, 6.45) is 1.92. The Bertz CT molecular complexity index is 464. The summed E-state index contributed by atoms with van der Waals surface area (Å²) in [4.78, 5) is 14.3. The Kier molecular flexibility index (Phi) is 4.82. The van der Waals surface area contributed by atoms with Crippen LogP contribution < -0.4 is 4.74 Å². The van der Waals surface area contributed by atoms with E-state index in [-0.39, 0.29) is 18.4 Å². The Morgan fingerprint density at radius 2 is 2.37 bits per heavy atom. The van der Waals surface area contributed by atoms with Gasteiger partial charge in [-0.2, -0.15) is 0 Å². The highest BCUT2D eigenvalue weighted by atomic mass is 79.9. The van der Waals surface area contributed by atoms with Crippen molar-refractivity contribution in [2.75, 3.05) is 26.8 Å². The first-order chi connectivity index (χ1) is 9.15. The van der Waals surface area contributed by atoms with Crippen molar-refractivity contribution in [3.8, 4) is 5.75 Å². The standard InChI is InChI=1S/C14H18BrNO3/c1-19-13-7-11(15)4-5-12(13)14(18)16-6-2-3-10(8-16)9-17/h4-5,7,10,17H,2-3,6,8-9H2,1H3. The second kappa shape index (κ2) is 6.39. The lowest BCUT2D eigenvalue weighted by Crippen LogP contribution is -2.41. The van der Waals surface area contributed by atoms with Crippen LogP contribution in [-0.2, 0) is 0 Å². The van der Waals surface area contributed by atoms with E-state index in [1.165, 1.54) is 0 Å². The monoisotopic (exact) mass is 327 g/mol. The first kappa shape index (κ1) is 14.3. The number of ether oxygens (including phenoxy) is 1. The quantitative estimate of drug-likeness (QED) is 0.926. The molecule has 5 heteroatoms. The maximum atomic E-state index is 12.5. The van der Waals surface area contributed by atoms with Crippen LogP contribution in [0.5, 0.6) is 5.75 Å². The van der Waals surface area contributed by atoms with Gasteiger partial charge in [0.15, 0.2) is 0 Å². The number of likely N-dealkylation sites (tertiary alicyclic amines) is 1. The molecule has 1 fully saturated rings. The van der Waals surface area contributed by atoms with Crippen molar-refractivity contribution < 1.29 is 14.6 Å². The topological polar surface area (TPSA) is 49.8 Å². The summed E-state index contributed by atoms with van der Waals surface area (Å²) in [7, 11) is 1.56. The lowest BCUT2D eigenvalue weighted by Gasteiger charge is -2.32. The molecule has 0 aliphatic carbocycles. The molecule has 1 heterocycles. The van der Waals surface area contributed by atoms with E-state index in [2.05, 4.69) is 15.9 Å². The first-order valence-corrected chi connectivity index (χ1v) is 7.18. The maximum Gasteiger partial charge on any atom is 0.257 e. The summed E-state index contributed by atoms with van der Waals surface area (Å²) < 4.78 is 6.15.